The van der Waals surface area contributed by atoms with Crippen molar-refractivity contribution in [2.24, 2.45) is 4.99 Å². The van der Waals surface area contributed by atoms with E-state index < -0.39 is 5.54 Å². The molecule has 0 aliphatic carbocycles. The maximum atomic E-state index is 13.9. The second-order valence-electron chi connectivity index (χ2n) is 8.79. The van der Waals surface area contributed by atoms with Gasteiger partial charge < -0.3 is 15.1 Å². The van der Waals surface area contributed by atoms with E-state index in [9.17, 15) is 14.4 Å². The van der Waals surface area contributed by atoms with Gasteiger partial charge in [-0.1, -0.05) is 66.2 Å². The molecule has 1 atom stereocenters. The van der Waals surface area contributed by atoms with Gasteiger partial charge in [-0.05, 0) is 37.1 Å². The molecule has 0 fully saturated rings. The highest BCUT2D eigenvalue weighted by atomic mass is 16.2. The van der Waals surface area contributed by atoms with Crippen LogP contribution >= 0.6 is 0 Å². The van der Waals surface area contributed by atoms with E-state index in [1.54, 1.807) is 36.3 Å². The van der Waals surface area contributed by atoms with E-state index in [2.05, 4.69) is 10.3 Å². The molecule has 7 heteroatoms. The normalized spacial score (nSPS) is 18.8. The highest BCUT2D eigenvalue weighted by Crippen LogP contribution is 2.30. The summed E-state index contributed by atoms with van der Waals surface area (Å²) in [5.74, 6) is -0.496. The van der Waals surface area contributed by atoms with Crippen molar-refractivity contribution in [3.05, 3.63) is 95.7 Å². The Morgan fingerprint density at radius 2 is 1.79 bits per heavy atom. The number of hydrogen-bond acceptors (Lipinski definition) is 4. The number of carbonyl (C=O) groups is 3. The largest absolute Gasteiger partial charge is 0.350 e. The first-order valence-electron chi connectivity index (χ1n) is 11.3. The monoisotopic (exact) mass is 456 g/mol. The van der Waals surface area contributed by atoms with Crippen molar-refractivity contribution in [3.8, 4) is 0 Å². The molecule has 2 aliphatic rings. The van der Waals surface area contributed by atoms with E-state index in [0.717, 1.165) is 16.7 Å². The third kappa shape index (κ3) is 5.14. The van der Waals surface area contributed by atoms with Crippen LogP contribution in [-0.4, -0.2) is 45.4 Å². The molecule has 1 unspecified atom stereocenters. The van der Waals surface area contributed by atoms with Crippen LogP contribution in [-0.2, 0) is 27.5 Å². The first kappa shape index (κ1) is 23.2. The Morgan fingerprint density at radius 1 is 1.06 bits per heavy atom. The molecule has 2 aliphatic heterocycles. The molecule has 1 N–H and O–H groups in total. The van der Waals surface area contributed by atoms with Gasteiger partial charge in [-0.25, -0.2) is 0 Å². The number of nitrogens with one attached hydrogen (secondary N) is 1. The maximum Gasteiger partial charge on any atom is 0.250 e. The van der Waals surface area contributed by atoms with Gasteiger partial charge >= 0.3 is 0 Å². The van der Waals surface area contributed by atoms with Crippen molar-refractivity contribution in [1.82, 2.24) is 15.1 Å². The Kier molecular flexibility index (Phi) is 6.72. The van der Waals surface area contributed by atoms with Crippen LogP contribution in [0.15, 0.2) is 84.0 Å². The zero-order chi connectivity index (χ0) is 24.1. The molecule has 2 aromatic carbocycles. The minimum absolute atomic E-state index is 0.0657. The topological polar surface area (TPSA) is 82.1 Å². The Hall–Kier alpha value is -4.00. The van der Waals surface area contributed by atoms with E-state index in [0.29, 0.717) is 12.4 Å². The lowest BCUT2D eigenvalue weighted by Gasteiger charge is -2.44. The van der Waals surface area contributed by atoms with Crippen LogP contribution in [0.1, 0.15) is 30.0 Å². The number of amidine groups is 1. The molecular weight excluding hydrogens is 428 g/mol. The van der Waals surface area contributed by atoms with Crippen LogP contribution in [0.4, 0.5) is 0 Å². The number of aryl methyl sites for hydroxylation is 1. The summed E-state index contributed by atoms with van der Waals surface area (Å²) in [6.07, 6.45) is 6.97. The second-order valence-corrected chi connectivity index (χ2v) is 8.79. The molecule has 0 radical (unpaired) electrons. The van der Waals surface area contributed by atoms with Gasteiger partial charge in [0.05, 0.1) is 13.0 Å². The van der Waals surface area contributed by atoms with Crippen molar-refractivity contribution in [3.63, 3.8) is 0 Å². The molecule has 174 valence electrons. The molecule has 7 nitrogen and oxygen atoms in total. The molecule has 2 aromatic rings. The SMILES string of the molecule is Cc1ccc(CNC(=O)CN(Cc2ccccc2)C(=O)C2(C)CC(=O)N=C3C=CC=CN32)cc1. The summed E-state index contributed by atoms with van der Waals surface area (Å²) in [7, 11) is 0. The summed E-state index contributed by atoms with van der Waals surface area (Å²) < 4.78 is 0. The van der Waals surface area contributed by atoms with Crippen LogP contribution in [0.5, 0.6) is 0 Å². The number of nitrogens with zero attached hydrogens (tertiary/aromatic N) is 3. The number of carbonyl (C=O) groups excluding carboxylic acids is 3. The Morgan fingerprint density at radius 3 is 2.53 bits per heavy atom. The third-order valence-electron chi connectivity index (χ3n) is 6.01. The molecular formula is C27H28N4O3. The second kappa shape index (κ2) is 9.87. The summed E-state index contributed by atoms with van der Waals surface area (Å²) >= 11 is 0. The highest BCUT2D eigenvalue weighted by Gasteiger charge is 2.47. The zero-order valence-electron chi connectivity index (χ0n) is 19.4. The van der Waals surface area contributed by atoms with E-state index in [1.165, 1.54) is 4.90 Å². The number of rotatable bonds is 7. The van der Waals surface area contributed by atoms with Gasteiger partial charge in [0.25, 0.3) is 5.91 Å². The number of hydrogen-bond donors (Lipinski definition) is 1. The summed E-state index contributed by atoms with van der Waals surface area (Å²) in [6, 6.07) is 17.4. The lowest BCUT2D eigenvalue weighted by atomic mass is 9.90. The fraction of sp³-hybridized carbons (Fsp3) is 0.259. The summed E-state index contributed by atoms with van der Waals surface area (Å²) in [6.45, 7) is 4.24. The van der Waals surface area contributed by atoms with Gasteiger partial charge in [-0.2, -0.15) is 4.99 Å². The molecule has 3 amide bonds. The van der Waals surface area contributed by atoms with Gasteiger partial charge in [0, 0.05) is 19.3 Å². The number of fused-ring (bicyclic) bond motifs is 1. The minimum Gasteiger partial charge on any atom is -0.350 e. The van der Waals surface area contributed by atoms with E-state index in [4.69, 9.17) is 0 Å². The van der Waals surface area contributed by atoms with Gasteiger partial charge in [0.15, 0.2) is 0 Å². The van der Waals surface area contributed by atoms with Crippen LogP contribution in [0.3, 0.4) is 0 Å². The predicted octanol–water partition coefficient (Wildman–Crippen LogP) is 3.11. The van der Waals surface area contributed by atoms with Gasteiger partial charge in [-0.3, -0.25) is 14.4 Å². The van der Waals surface area contributed by atoms with Crippen molar-refractivity contribution in [1.29, 1.82) is 0 Å². The molecule has 0 saturated carbocycles. The summed E-state index contributed by atoms with van der Waals surface area (Å²) in [4.78, 5) is 46.5. The molecule has 4 rings (SSSR count). The Balaban J connectivity index is 1.54. The highest BCUT2D eigenvalue weighted by molar-refractivity contribution is 6.09. The van der Waals surface area contributed by atoms with E-state index in [-0.39, 0.29) is 37.2 Å². The summed E-state index contributed by atoms with van der Waals surface area (Å²) in [5, 5.41) is 2.91. The fourth-order valence-corrected chi connectivity index (χ4v) is 4.15. The number of amides is 3. The minimum atomic E-state index is -1.18. The van der Waals surface area contributed by atoms with E-state index >= 15 is 0 Å². The average molecular weight is 457 g/mol. The molecule has 0 bridgehead atoms. The number of aliphatic imine (C=N–C) groups is 1. The van der Waals surface area contributed by atoms with Gasteiger partial charge in [-0.15, -0.1) is 0 Å². The maximum absolute atomic E-state index is 13.9. The van der Waals surface area contributed by atoms with Gasteiger partial charge in [0.2, 0.25) is 11.8 Å². The molecule has 0 saturated heterocycles. The van der Waals surface area contributed by atoms with Crippen molar-refractivity contribution < 1.29 is 14.4 Å². The molecule has 34 heavy (non-hydrogen) atoms. The van der Waals surface area contributed by atoms with Crippen LogP contribution < -0.4 is 5.32 Å². The summed E-state index contributed by atoms with van der Waals surface area (Å²) in [5.41, 5.74) is 1.85. The number of allylic oxidation sites excluding steroid dienone is 2. The fourth-order valence-electron chi connectivity index (χ4n) is 4.15. The Bertz CT molecular complexity index is 1170. The lowest BCUT2D eigenvalue weighted by molar-refractivity contribution is -0.146. The average Bonchev–Trinajstić information content (AvgIpc) is 2.83. The van der Waals surface area contributed by atoms with Crippen molar-refractivity contribution >= 4 is 23.6 Å². The van der Waals surface area contributed by atoms with E-state index in [1.807, 2.05) is 61.5 Å². The van der Waals surface area contributed by atoms with Crippen LogP contribution in [0, 0.1) is 6.92 Å². The first-order chi connectivity index (χ1) is 16.3. The van der Waals surface area contributed by atoms with Crippen LogP contribution in [0.25, 0.3) is 0 Å². The van der Waals surface area contributed by atoms with Crippen LogP contribution in [0.2, 0.25) is 0 Å². The van der Waals surface area contributed by atoms with Gasteiger partial charge in [0.1, 0.15) is 11.4 Å². The lowest BCUT2D eigenvalue weighted by Crippen LogP contribution is -2.61. The van der Waals surface area contributed by atoms with Crippen molar-refractivity contribution in [2.45, 2.75) is 38.9 Å². The standard InChI is InChI=1S/C27H28N4O3/c1-20-11-13-21(14-12-20)17-28-25(33)19-30(18-22-8-4-3-5-9-22)26(34)27(2)16-24(32)29-23-10-6-7-15-31(23)27/h3-15H,16-19H2,1-2H3,(H,28,33). The predicted molar refractivity (Wildman–Crippen MR) is 130 cm³/mol. The smallest absolute Gasteiger partial charge is 0.250 e. The number of benzene rings is 2. The quantitative estimate of drug-likeness (QED) is 0.694. The Labute approximate surface area is 199 Å². The van der Waals surface area contributed by atoms with Crippen molar-refractivity contribution in [2.75, 3.05) is 6.54 Å². The molecule has 2 heterocycles. The first-order valence-corrected chi connectivity index (χ1v) is 11.3. The zero-order valence-corrected chi connectivity index (χ0v) is 19.4. The third-order valence-corrected chi connectivity index (χ3v) is 6.01. The molecule has 0 aromatic heterocycles. The molecule has 0 spiro atoms.